The summed E-state index contributed by atoms with van der Waals surface area (Å²) >= 11 is 5.80. The molecule has 0 aliphatic carbocycles. The van der Waals surface area contributed by atoms with Gasteiger partial charge in [-0.05, 0) is 31.0 Å². The highest BCUT2D eigenvalue weighted by Crippen LogP contribution is 2.23. The molecular formula is C15H23ClN2O2. The van der Waals surface area contributed by atoms with Crippen LogP contribution in [0.3, 0.4) is 0 Å². The van der Waals surface area contributed by atoms with Crippen molar-refractivity contribution in [2.24, 2.45) is 5.92 Å². The molecule has 1 unspecified atom stereocenters. The van der Waals surface area contributed by atoms with E-state index in [2.05, 4.69) is 19.2 Å². The normalized spacial score (nSPS) is 12.3. The molecule has 20 heavy (non-hydrogen) atoms. The third kappa shape index (κ3) is 5.47. The number of nitro benzene ring substituents is 1. The third-order valence-electron chi connectivity index (χ3n) is 3.54. The summed E-state index contributed by atoms with van der Waals surface area (Å²) in [5.41, 5.74) is 0.774. The fourth-order valence-electron chi connectivity index (χ4n) is 2.21. The van der Waals surface area contributed by atoms with Crippen LogP contribution in [0.25, 0.3) is 0 Å². The molecule has 1 aromatic rings. The van der Waals surface area contributed by atoms with E-state index < -0.39 is 0 Å². The van der Waals surface area contributed by atoms with Gasteiger partial charge in [-0.25, -0.2) is 0 Å². The average molecular weight is 299 g/mol. The van der Waals surface area contributed by atoms with Gasteiger partial charge in [-0.2, -0.15) is 0 Å². The number of hydrogen-bond donors (Lipinski definition) is 1. The van der Waals surface area contributed by atoms with Gasteiger partial charge in [0, 0.05) is 23.2 Å². The van der Waals surface area contributed by atoms with Crippen LogP contribution < -0.4 is 5.32 Å². The first-order valence-electron chi connectivity index (χ1n) is 7.22. The summed E-state index contributed by atoms with van der Waals surface area (Å²) in [5, 5.41) is 14.7. The Morgan fingerprint density at radius 2 is 2.15 bits per heavy atom. The standard InChI is InChI=1S/C15H23ClN2O2/c1-3-5-6-12(4-2)10-17-11-13-7-8-14(16)9-15(13)18(19)20/h7-9,12,17H,3-6,10-11H2,1-2H3. The lowest BCUT2D eigenvalue weighted by atomic mass is 9.99. The summed E-state index contributed by atoms with van der Waals surface area (Å²) in [7, 11) is 0. The highest BCUT2D eigenvalue weighted by Gasteiger charge is 2.14. The van der Waals surface area contributed by atoms with E-state index in [9.17, 15) is 10.1 Å². The zero-order chi connectivity index (χ0) is 15.0. The fourth-order valence-corrected chi connectivity index (χ4v) is 2.38. The van der Waals surface area contributed by atoms with Gasteiger partial charge in [-0.15, -0.1) is 0 Å². The maximum Gasteiger partial charge on any atom is 0.275 e. The van der Waals surface area contributed by atoms with Crippen molar-refractivity contribution in [1.29, 1.82) is 0 Å². The second kappa shape index (κ2) is 8.93. The van der Waals surface area contributed by atoms with E-state index in [-0.39, 0.29) is 10.6 Å². The Morgan fingerprint density at radius 1 is 1.40 bits per heavy atom. The number of nitrogens with zero attached hydrogens (tertiary/aromatic N) is 1. The molecule has 5 heteroatoms. The van der Waals surface area contributed by atoms with E-state index in [1.54, 1.807) is 12.1 Å². The Bertz CT molecular complexity index is 438. The van der Waals surface area contributed by atoms with Gasteiger partial charge >= 0.3 is 0 Å². The molecule has 0 bridgehead atoms. The molecule has 0 spiro atoms. The molecule has 0 aromatic heterocycles. The van der Waals surface area contributed by atoms with Crippen LogP contribution in [0.1, 0.15) is 45.1 Å². The molecule has 0 aliphatic rings. The lowest BCUT2D eigenvalue weighted by Crippen LogP contribution is -2.22. The number of rotatable bonds is 9. The van der Waals surface area contributed by atoms with Crippen molar-refractivity contribution < 1.29 is 4.92 Å². The summed E-state index contributed by atoms with van der Waals surface area (Å²) in [5.74, 6) is 0.640. The molecule has 0 radical (unpaired) electrons. The second-order valence-electron chi connectivity index (χ2n) is 5.08. The lowest BCUT2D eigenvalue weighted by Gasteiger charge is -2.15. The Hall–Kier alpha value is -1.13. The van der Waals surface area contributed by atoms with Crippen LogP contribution in [0, 0.1) is 16.0 Å². The van der Waals surface area contributed by atoms with Crippen LogP contribution in [0.2, 0.25) is 5.02 Å². The molecule has 0 amide bonds. The van der Waals surface area contributed by atoms with Crippen LogP contribution in [0.4, 0.5) is 5.69 Å². The van der Waals surface area contributed by atoms with Crippen molar-refractivity contribution in [2.45, 2.75) is 46.1 Å². The molecule has 0 aliphatic heterocycles. The molecule has 0 saturated heterocycles. The van der Waals surface area contributed by atoms with Crippen molar-refractivity contribution in [3.8, 4) is 0 Å². The molecule has 0 fully saturated rings. The van der Waals surface area contributed by atoms with Crippen molar-refractivity contribution in [2.75, 3.05) is 6.54 Å². The van der Waals surface area contributed by atoms with E-state index in [4.69, 9.17) is 11.6 Å². The predicted octanol–water partition coefficient (Wildman–Crippen LogP) is 4.55. The summed E-state index contributed by atoms with van der Waals surface area (Å²) in [6.45, 7) is 5.79. The van der Waals surface area contributed by atoms with Gasteiger partial charge in [-0.1, -0.05) is 44.7 Å². The number of unbranched alkanes of at least 4 members (excludes halogenated alkanes) is 1. The minimum absolute atomic E-state index is 0.0895. The Kier molecular flexibility index (Phi) is 7.55. The fraction of sp³-hybridized carbons (Fsp3) is 0.600. The average Bonchev–Trinajstić information content (AvgIpc) is 2.43. The van der Waals surface area contributed by atoms with Crippen LogP contribution in [0.5, 0.6) is 0 Å². The van der Waals surface area contributed by atoms with Crippen molar-refractivity contribution >= 4 is 17.3 Å². The maximum atomic E-state index is 11.0. The molecule has 1 N–H and O–H groups in total. The van der Waals surface area contributed by atoms with Crippen LogP contribution in [0.15, 0.2) is 18.2 Å². The SMILES string of the molecule is CCCCC(CC)CNCc1ccc(Cl)cc1[N+](=O)[O-]. The van der Waals surface area contributed by atoms with Gasteiger partial charge in [0.15, 0.2) is 0 Å². The Morgan fingerprint density at radius 3 is 2.75 bits per heavy atom. The molecule has 1 rings (SSSR count). The quantitative estimate of drug-likeness (QED) is 0.537. The first-order valence-corrected chi connectivity index (χ1v) is 7.59. The predicted molar refractivity (Wildman–Crippen MR) is 83.1 cm³/mol. The minimum atomic E-state index is -0.378. The van der Waals surface area contributed by atoms with E-state index in [0.717, 1.165) is 13.0 Å². The number of benzene rings is 1. The number of hydrogen-bond acceptors (Lipinski definition) is 3. The van der Waals surface area contributed by atoms with Crippen LogP contribution >= 0.6 is 11.6 Å². The van der Waals surface area contributed by atoms with E-state index in [1.807, 2.05) is 0 Å². The summed E-state index contributed by atoms with van der Waals surface area (Å²) < 4.78 is 0. The van der Waals surface area contributed by atoms with Crippen molar-refractivity contribution in [3.63, 3.8) is 0 Å². The molecular weight excluding hydrogens is 276 g/mol. The number of halogens is 1. The Labute approximate surface area is 125 Å². The van der Waals surface area contributed by atoms with Crippen molar-refractivity contribution in [3.05, 3.63) is 38.9 Å². The van der Waals surface area contributed by atoms with Crippen molar-refractivity contribution in [1.82, 2.24) is 5.32 Å². The third-order valence-corrected chi connectivity index (χ3v) is 3.77. The van der Waals surface area contributed by atoms with Gasteiger partial charge in [-0.3, -0.25) is 10.1 Å². The van der Waals surface area contributed by atoms with Gasteiger partial charge < -0.3 is 5.32 Å². The molecule has 1 aromatic carbocycles. The van der Waals surface area contributed by atoms with Gasteiger partial charge in [0.2, 0.25) is 0 Å². The zero-order valence-corrected chi connectivity index (χ0v) is 12.9. The molecule has 112 valence electrons. The van der Waals surface area contributed by atoms with E-state index in [0.29, 0.717) is 23.0 Å². The molecule has 1 atom stereocenters. The molecule has 0 saturated carbocycles. The first-order chi connectivity index (χ1) is 9.58. The second-order valence-corrected chi connectivity index (χ2v) is 5.51. The van der Waals surface area contributed by atoms with E-state index in [1.165, 1.54) is 25.3 Å². The smallest absolute Gasteiger partial charge is 0.275 e. The lowest BCUT2D eigenvalue weighted by molar-refractivity contribution is -0.385. The largest absolute Gasteiger partial charge is 0.312 e. The highest BCUT2D eigenvalue weighted by atomic mass is 35.5. The van der Waals surface area contributed by atoms with Gasteiger partial charge in [0.05, 0.1) is 4.92 Å². The molecule has 4 nitrogen and oxygen atoms in total. The topological polar surface area (TPSA) is 55.2 Å². The van der Waals surface area contributed by atoms with Crippen LogP contribution in [-0.2, 0) is 6.54 Å². The Balaban J connectivity index is 2.55. The summed E-state index contributed by atoms with van der Waals surface area (Å²) in [4.78, 5) is 10.6. The zero-order valence-electron chi connectivity index (χ0n) is 12.2. The van der Waals surface area contributed by atoms with E-state index >= 15 is 0 Å². The minimum Gasteiger partial charge on any atom is -0.312 e. The number of nitrogens with one attached hydrogen (secondary N) is 1. The maximum absolute atomic E-state index is 11.0. The first kappa shape index (κ1) is 16.9. The van der Waals surface area contributed by atoms with Gasteiger partial charge in [0.25, 0.3) is 5.69 Å². The summed E-state index contributed by atoms with van der Waals surface area (Å²) in [6.07, 6.45) is 4.79. The molecule has 0 heterocycles. The number of nitro groups is 1. The van der Waals surface area contributed by atoms with Gasteiger partial charge in [0.1, 0.15) is 0 Å². The monoisotopic (exact) mass is 298 g/mol. The highest BCUT2D eigenvalue weighted by molar-refractivity contribution is 6.30. The summed E-state index contributed by atoms with van der Waals surface area (Å²) in [6, 6.07) is 4.83. The van der Waals surface area contributed by atoms with Crippen LogP contribution in [-0.4, -0.2) is 11.5 Å².